The van der Waals surface area contributed by atoms with Crippen molar-refractivity contribution in [2.45, 2.75) is 57.6 Å². The largest absolute Gasteiger partial charge is 0.352 e. The zero-order valence-corrected chi connectivity index (χ0v) is 24.7. The molecule has 0 saturated heterocycles. The number of aryl methyl sites for hydroxylation is 1. The molecule has 0 aliphatic carbocycles. The van der Waals surface area contributed by atoms with Crippen LogP contribution in [0.2, 0.25) is 10.0 Å². The molecule has 0 saturated carbocycles. The molecule has 0 heterocycles. The van der Waals surface area contributed by atoms with Gasteiger partial charge in [0.15, 0.2) is 0 Å². The molecule has 0 radical (unpaired) electrons. The van der Waals surface area contributed by atoms with Gasteiger partial charge in [-0.2, -0.15) is 0 Å². The first-order valence-corrected chi connectivity index (χ1v) is 14.8. The minimum atomic E-state index is -4.11. The number of nitrogens with one attached hydrogen (secondary N) is 1. The number of hydrogen-bond acceptors (Lipinski definition) is 4. The van der Waals surface area contributed by atoms with Crippen LogP contribution in [0.15, 0.2) is 77.7 Å². The standard InChI is InChI=1S/C29H33Cl2N3O4S/c1-5-21(3)32-29(36)22(4)33(18-23-13-14-24(30)17-27(23)31)28(35)19-34(25-15-11-20(2)12-16-25)39(37,38)26-9-7-6-8-10-26/h6-17,21-22H,5,18-19H2,1-4H3,(H,32,36)/t21-,22-/m1/s1. The van der Waals surface area contributed by atoms with Gasteiger partial charge in [-0.05, 0) is 69.2 Å². The molecule has 1 N–H and O–H groups in total. The highest BCUT2D eigenvalue weighted by Crippen LogP contribution is 2.26. The number of halogens is 2. The van der Waals surface area contributed by atoms with E-state index in [2.05, 4.69) is 5.32 Å². The van der Waals surface area contributed by atoms with Gasteiger partial charge >= 0.3 is 0 Å². The molecule has 0 fully saturated rings. The Morgan fingerprint density at radius 1 is 0.949 bits per heavy atom. The molecule has 2 atom stereocenters. The molecule has 0 aromatic heterocycles. The number of anilines is 1. The summed E-state index contributed by atoms with van der Waals surface area (Å²) in [5.41, 5.74) is 1.85. The van der Waals surface area contributed by atoms with Gasteiger partial charge in [-0.15, -0.1) is 0 Å². The second kappa shape index (κ2) is 13.3. The SMILES string of the molecule is CC[C@@H](C)NC(=O)[C@@H](C)N(Cc1ccc(Cl)cc1Cl)C(=O)CN(c1ccc(C)cc1)S(=O)(=O)c1ccccc1. The average molecular weight is 591 g/mol. The highest BCUT2D eigenvalue weighted by molar-refractivity contribution is 7.92. The van der Waals surface area contributed by atoms with Gasteiger partial charge in [-0.1, -0.05) is 72.1 Å². The van der Waals surface area contributed by atoms with Crippen molar-refractivity contribution in [2.24, 2.45) is 0 Å². The predicted octanol–water partition coefficient (Wildman–Crippen LogP) is 5.83. The highest BCUT2D eigenvalue weighted by Gasteiger charge is 2.33. The molecule has 2 amide bonds. The van der Waals surface area contributed by atoms with Gasteiger partial charge < -0.3 is 10.2 Å². The van der Waals surface area contributed by atoms with E-state index < -0.39 is 28.5 Å². The van der Waals surface area contributed by atoms with Gasteiger partial charge in [0, 0.05) is 22.6 Å². The number of nitrogens with zero attached hydrogens (tertiary/aromatic N) is 2. The van der Waals surface area contributed by atoms with E-state index in [1.807, 2.05) is 20.8 Å². The lowest BCUT2D eigenvalue weighted by Gasteiger charge is -2.32. The lowest BCUT2D eigenvalue weighted by molar-refractivity contribution is -0.139. The third-order valence-electron chi connectivity index (χ3n) is 6.46. The summed E-state index contributed by atoms with van der Waals surface area (Å²) in [6.07, 6.45) is 0.714. The minimum absolute atomic E-state index is 0.0168. The van der Waals surface area contributed by atoms with E-state index in [-0.39, 0.29) is 23.4 Å². The van der Waals surface area contributed by atoms with Gasteiger partial charge in [0.1, 0.15) is 12.6 Å². The normalized spacial score (nSPS) is 12.9. The fourth-order valence-electron chi connectivity index (χ4n) is 3.84. The molecule has 39 heavy (non-hydrogen) atoms. The second-order valence-electron chi connectivity index (χ2n) is 9.41. The Kier molecular flexibility index (Phi) is 10.4. The van der Waals surface area contributed by atoms with Crippen LogP contribution in [0.25, 0.3) is 0 Å². The van der Waals surface area contributed by atoms with Crippen molar-refractivity contribution in [2.75, 3.05) is 10.8 Å². The summed E-state index contributed by atoms with van der Waals surface area (Å²) in [6.45, 7) is 6.78. The number of amides is 2. The van der Waals surface area contributed by atoms with Crippen LogP contribution in [0.5, 0.6) is 0 Å². The van der Waals surface area contributed by atoms with Crippen LogP contribution in [0.1, 0.15) is 38.3 Å². The number of carbonyl (C=O) groups excluding carboxylic acids is 2. The summed E-state index contributed by atoms with van der Waals surface area (Å²) in [5, 5.41) is 3.67. The Morgan fingerprint density at radius 2 is 1.59 bits per heavy atom. The quantitative estimate of drug-likeness (QED) is 0.305. The summed E-state index contributed by atoms with van der Waals surface area (Å²) in [5.74, 6) is -0.913. The predicted molar refractivity (Wildman–Crippen MR) is 157 cm³/mol. The van der Waals surface area contributed by atoms with Crippen LogP contribution in [-0.2, 0) is 26.2 Å². The van der Waals surface area contributed by atoms with Crippen molar-refractivity contribution in [1.82, 2.24) is 10.2 Å². The van der Waals surface area contributed by atoms with Crippen molar-refractivity contribution in [3.8, 4) is 0 Å². The molecule has 0 spiro atoms. The molecule has 10 heteroatoms. The Labute approximate surface area is 240 Å². The first kappa shape index (κ1) is 30.5. The molecule has 3 rings (SSSR count). The number of benzene rings is 3. The minimum Gasteiger partial charge on any atom is -0.352 e. The number of rotatable bonds is 11. The van der Waals surface area contributed by atoms with Crippen molar-refractivity contribution < 1.29 is 18.0 Å². The van der Waals surface area contributed by atoms with E-state index in [0.717, 1.165) is 9.87 Å². The maximum Gasteiger partial charge on any atom is 0.264 e. The number of hydrogen-bond donors (Lipinski definition) is 1. The van der Waals surface area contributed by atoms with E-state index in [1.54, 1.807) is 67.6 Å². The first-order chi connectivity index (χ1) is 18.4. The molecule has 0 unspecified atom stereocenters. The Hall–Kier alpha value is -3.07. The summed E-state index contributed by atoms with van der Waals surface area (Å²) < 4.78 is 28.6. The monoisotopic (exact) mass is 589 g/mol. The van der Waals surface area contributed by atoms with Gasteiger partial charge in [-0.25, -0.2) is 8.42 Å². The Morgan fingerprint density at radius 3 is 2.18 bits per heavy atom. The van der Waals surface area contributed by atoms with Gasteiger partial charge in [-0.3, -0.25) is 13.9 Å². The summed E-state index contributed by atoms with van der Waals surface area (Å²) in [7, 11) is -4.11. The summed E-state index contributed by atoms with van der Waals surface area (Å²) in [4.78, 5) is 28.4. The summed E-state index contributed by atoms with van der Waals surface area (Å²) >= 11 is 12.5. The van der Waals surface area contributed by atoms with Crippen LogP contribution < -0.4 is 9.62 Å². The zero-order chi connectivity index (χ0) is 28.7. The molecule has 7 nitrogen and oxygen atoms in total. The van der Waals surface area contributed by atoms with Crippen LogP contribution in [-0.4, -0.2) is 43.8 Å². The molecule has 0 aliphatic rings. The van der Waals surface area contributed by atoms with Crippen molar-refractivity contribution in [3.05, 3.63) is 94.0 Å². The van der Waals surface area contributed by atoms with Crippen molar-refractivity contribution in [1.29, 1.82) is 0 Å². The average Bonchev–Trinajstić information content (AvgIpc) is 2.91. The van der Waals surface area contributed by atoms with E-state index >= 15 is 0 Å². The number of sulfonamides is 1. The van der Waals surface area contributed by atoms with Gasteiger partial charge in [0.2, 0.25) is 11.8 Å². The summed E-state index contributed by atoms with van der Waals surface area (Å²) in [6, 6.07) is 18.7. The molecule has 0 aliphatic heterocycles. The van der Waals surface area contributed by atoms with Crippen LogP contribution in [0, 0.1) is 6.92 Å². The molecule has 3 aromatic rings. The number of carbonyl (C=O) groups is 2. The molecule has 3 aromatic carbocycles. The third kappa shape index (κ3) is 7.75. The highest BCUT2D eigenvalue weighted by atomic mass is 35.5. The maximum atomic E-state index is 13.9. The third-order valence-corrected chi connectivity index (χ3v) is 8.83. The molecular formula is C29H33Cl2N3O4S. The van der Waals surface area contributed by atoms with E-state index in [4.69, 9.17) is 23.2 Å². The topological polar surface area (TPSA) is 86.8 Å². The molecule has 0 bridgehead atoms. The van der Waals surface area contributed by atoms with Crippen LogP contribution >= 0.6 is 23.2 Å². The smallest absolute Gasteiger partial charge is 0.264 e. The molecule has 208 valence electrons. The Bertz CT molecular complexity index is 1400. The second-order valence-corrected chi connectivity index (χ2v) is 12.1. The fraction of sp³-hybridized carbons (Fsp3) is 0.310. The van der Waals surface area contributed by atoms with E-state index in [1.165, 1.54) is 17.0 Å². The Balaban J connectivity index is 2.03. The van der Waals surface area contributed by atoms with Crippen molar-refractivity contribution in [3.63, 3.8) is 0 Å². The lowest BCUT2D eigenvalue weighted by Crippen LogP contribution is -2.52. The van der Waals surface area contributed by atoms with Gasteiger partial charge in [0.05, 0.1) is 10.6 Å². The van der Waals surface area contributed by atoms with Gasteiger partial charge in [0.25, 0.3) is 10.0 Å². The fourth-order valence-corrected chi connectivity index (χ4v) is 5.74. The molecular weight excluding hydrogens is 557 g/mol. The maximum absolute atomic E-state index is 13.9. The van der Waals surface area contributed by atoms with Crippen molar-refractivity contribution >= 4 is 50.7 Å². The van der Waals surface area contributed by atoms with E-state index in [0.29, 0.717) is 27.7 Å². The zero-order valence-electron chi connectivity index (χ0n) is 22.4. The van der Waals surface area contributed by atoms with E-state index in [9.17, 15) is 18.0 Å². The lowest BCUT2D eigenvalue weighted by atomic mass is 10.1. The van der Waals surface area contributed by atoms with Crippen LogP contribution in [0.3, 0.4) is 0 Å². The van der Waals surface area contributed by atoms with Crippen LogP contribution in [0.4, 0.5) is 5.69 Å². The first-order valence-electron chi connectivity index (χ1n) is 12.6.